The Bertz CT molecular complexity index is 535. The number of hydrogen-bond donors (Lipinski definition) is 1. The lowest BCUT2D eigenvalue weighted by molar-refractivity contribution is -0.147. The summed E-state index contributed by atoms with van der Waals surface area (Å²) in [7, 11) is -0.0369. The fourth-order valence-electron chi connectivity index (χ4n) is 5.96. The molecule has 1 N–H and O–H groups in total. The minimum atomic E-state index is -2.65. The van der Waals surface area contributed by atoms with Gasteiger partial charge >= 0.3 is 14.8 Å². The van der Waals surface area contributed by atoms with Crippen molar-refractivity contribution in [2.75, 3.05) is 34.4 Å². The predicted octanol–water partition coefficient (Wildman–Crippen LogP) is 5.53. The maximum atomic E-state index is 12.5. The van der Waals surface area contributed by atoms with E-state index in [9.17, 15) is 9.90 Å². The Kier molecular flexibility index (Phi) is 13.3. The molecule has 1 fully saturated rings. The first kappa shape index (κ1) is 30.7. The number of carbonyl (C=O) groups is 1. The van der Waals surface area contributed by atoms with Gasteiger partial charge in [0.05, 0.1) is 0 Å². The molecule has 1 aliphatic rings. The zero-order valence-electron chi connectivity index (χ0n) is 22.7. The Balaban J connectivity index is 3.08. The fourth-order valence-corrected chi connectivity index (χ4v) is 13.1. The van der Waals surface area contributed by atoms with Crippen LogP contribution in [0.1, 0.15) is 80.1 Å². The van der Waals surface area contributed by atoms with Crippen LogP contribution in [0.3, 0.4) is 0 Å². The standard InChI is InChI=1S/C24H51NO6Si2/c1-19(2)33(20(3)4,21(5)6)31-23(24(26)27)18-25(22-14-11-10-12-15-22)16-13-17-32(28-7,29-8)30-9/h19-23H,10-18H2,1-9H3,(H,26,27). The molecule has 1 aliphatic carbocycles. The van der Waals surface area contributed by atoms with Crippen molar-refractivity contribution >= 4 is 23.1 Å². The van der Waals surface area contributed by atoms with Crippen LogP contribution in [0.2, 0.25) is 22.7 Å². The SMILES string of the molecule is CO[Si](CCCN(CC(O[Si](C(C)C)(C(C)C)C(C)C)C(=O)O)C1CCCCC1)(OC)OC. The lowest BCUT2D eigenvalue weighted by atomic mass is 9.94. The van der Waals surface area contributed by atoms with Gasteiger partial charge < -0.3 is 22.8 Å². The summed E-state index contributed by atoms with van der Waals surface area (Å²) in [5, 5.41) is 10.2. The van der Waals surface area contributed by atoms with E-state index in [1.165, 1.54) is 19.3 Å². The van der Waals surface area contributed by atoms with Gasteiger partial charge in [0, 0.05) is 40.0 Å². The topological polar surface area (TPSA) is 77.5 Å². The van der Waals surface area contributed by atoms with Crippen LogP contribution in [-0.2, 0) is 22.5 Å². The summed E-state index contributed by atoms with van der Waals surface area (Å²) in [6.45, 7) is 14.4. The van der Waals surface area contributed by atoms with Crippen LogP contribution in [0, 0.1) is 0 Å². The van der Waals surface area contributed by atoms with E-state index in [1.807, 2.05) is 0 Å². The first-order valence-corrected chi connectivity index (χ1v) is 16.9. The van der Waals surface area contributed by atoms with Crippen molar-refractivity contribution in [3.05, 3.63) is 0 Å². The Morgan fingerprint density at radius 3 is 1.79 bits per heavy atom. The van der Waals surface area contributed by atoms with Crippen LogP contribution >= 0.6 is 0 Å². The average molecular weight is 506 g/mol. The number of rotatable bonds is 16. The molecule has 0 aromatic rings. The van der Waals surface area contributed by atoms with Crippen LogP contribution in [0.5, 0.6) is 0 Å². The molecule has 0 amide bonds. The summed E-state index contributed by atoms with van der Waals surface area (Å²) in [6.07, 6.45) is 5.94. The van der Waals surface area contributed by atoms with E-state index in [4.69, 9.17) is 17.7 Å². The van der Waals surface area contributed by atoms with Gasteiger partial charge in [-0.15, -0.1) is 0 Å². The zero-order valence-corrected chi connectivity index (χ0v) is 24.7. The molecule has 0 aliphatic heterocycles. The molecule has 0 heterocycles. The molecule has 33 heavy (non-hydrogen) atoms. The van der Waals surface area contributed by atoms with Gasteiger partial charge in [-0.3, -0.25) is 4.90 Å². The third-order valence-corrected chi connectivity index (χ3v) is 16.6. The van der Waals surface area contributed by atoms with Gasteiger partial charge in [0.1, 0.15) is 0 Å². The molecule has 7 nitrogen and oxygen atoms in total. The van der Waals surface area contributed by atoms with Crippen molar-refractivity contribution in [3.63, 3.8) is 0 Å². The van der Waals surface area contributed by atoms with Crippen molar-refractivity contribution < 1.29 is 27.6 Å². The Morgan fingerprint density at radius 2 is 1.39 bits per heavy atom. The second-order valence-corrected chi connectivity index (χ2v) is 18.9. The van der Waals surface area contributed by atoms with E-state index in [2.05, 4.69) is 46.4 Å². The smallest absolute Gasteiger partial charge is 0.479 e. The molecule has 0 saturated heterocycles. The first-order chi connectivity index (χ1) is 15.5. The second kappa shape index (κ2) is 14.3. The molecule has 196 valence electrons. The van der Waals surface area contributed by atoms with Crippen LogP contribution in [0.15, 0.2) is 0 Å². The number of aliphatic carboxylic acids is 1. The molecule has 0 bridgehead atoms. The van der Waals surface area contributed by atoms with Crippen molar-refractivity contribution in [1.29, 1.82) is 0 Å². The molecule has 0 radical (unpaired) electrons. The largest absolute Gasteiger partial charge is 0.500 e. The minimum Gasteiger partial charge on any atom is -0.479 e. The number of carboxylic acids is 1. The highest BCUT2D eigenvalue weighted by molar-refractivity contribution is 6.77. The maximum absolute atomic E-state index is 12.5. The Morgan fingerprint density at radius 1 is 0.909 bits per heavy atom. The lowest BCUT2D eigenvalue weighted by Gasteiger charge is -2.45. The van der Waals surface area contributed by atoms with E-state index in [1.54, 1.807) is 21.3 Å². The quantitative estimate of drug-likeness (QED) is 0.276. The van der Waals surface area contributed by atoms with Gasteiger partial charge in [-0.05, 0) is 42.4 Å². The molecule has 0 spiro atoms. The third kappa shape index (κ3) is 8.12. The normalized spacial score (nSPS) is 17.5. The van der Waals surface area contributed by atoms with Gasteiger partial charge in [0.15, 0.2) is 6.10 Å². The average Bonchev–Trinajstić information content (AvgIpc) is 2.78. The van der Waals surface area contributed by atoms with Gasteiger partial charge in [-0.1, -0.05) is 60.8 Å². The zero-order chi connectivity index (χ0) is 25.2. The van der Waals surface area contributed by atoms with Crippen molar-refractivity contribution in [1.82, 2.24) is 4.90 Å². The summed E-state index contributed by atoms with van der Waals surface area (Å²) in [6, 6.07) is 1.11. The highest BCUT2D eigenvalue weighted by Gasteiger charge is 2.48. The molecule has 1 saturated carbocycles. The first-order valence-electron chi connectivity index (χ1n) is 12.8. The van der Waals surface area contributed by atoms with Gasteiger partial charge in [0.2, 0.25) is 8.32 Å². The monoisotopic (exact) mass is 505 g/mol. The van der Waals surface area contributed by atoms with Crippen molar-refractivity contribution in [3.8, 4) is 0 Å². The fraction of sp³-hybridized carbons (Fsp3) is 0.958. The molecule has 1 rings (SSSR count). The van der Waals surface area contributed by atoms with E-state index < -0.39 is 29.2 Å². The molecular weight excluding hydrogens is 454 g/mol. The molecule has 1 unspecified atom stereocenters. The highest BCUT2D eigenvalue weighted by atomic mass is 28.4. The molecule has 0 aromatic carbocycles. The number of carboxylic acid groups (broad SMARTS) is 1. The summed E-state index contributed by atoms with van der Waals surface area (Å²) >= 11 is 0. The summed E-state index contributed by atoms with van der Waals surface area (Å²) in [5.41, 5.74) is 1.04. The van der Waals surface area contributed by atoms with E-state index in [-0.39, 0.29) is 0 Å². The van der Waals surface area contributed by atoms with E-state index in [0.29, 0.717) is 35.3 Å². The van der Waals surface area contributed by atoms with Crippen LogP contribution in [-0.4, -0.2) is 79.7 Å². The van der Waals surface area contributed by atoms with Gasteiger partial charge in [-0.2, -0.15) is 0 Å². The molecule has 1 atom stereocenters. The maximum Gasteiger partial charge on any atom is 0.500 e. The number of nitrogens with zero attached hydrogens (tertiary/aromatic N) is 1. The van der Waals surface area contributed by atoms with Gasteiger partial charge in [0.25, 0.3) is 0 Å². The molecule has 0 aromatic heterocycles. The Hall–Kier alpha value is -0.296. The van der Waals surface area contributed by atoms with Crippen LogP contribution in [0.4, 0.5) is 0 Å². The number of hydrogen-bond acceptors (Lipinski definition) is 6. The van der Waals surface area contributed by atoms with Gasteiger partial charge in [-0.25, -0.2) is 4.79 Å². The highest BCUT2D eigenvalue weighted by Crippen LogP contribution is 2.43. The minimum absolute atomic E-state index is 0.346. The summed E-state index contributed by atoms with van der Waals surface area (Å²) in [4.78, 5) is 14.8. The lowest BCUT2D eigenvalue weighted by Crippen LogP contribution is -2.55. The van der Waals surface area contributed by atoms with Crippen LogP contribution < -0.4 is 0 Å². The molecular formula is C24H51NO6Si2. The molecule has 9 heteroatoms. The predicted molar refractivity (Wildman–Crippen MR) is 138 cm³/mol. The second-order valence-electron chi connectivity index (χ2n) is 10.4. The van der Waals surface area contributed by atoms with Crippen LogP contribution in [0.25, 0.3) is 0 Å². The van der Waals surface area contributed by atoms with E-state index in [0.717, 1.165) is 25.8 Å². The Labute approximate surface area is 205 Å². The van der Waals surface area contributed by atoms with E-state index >= 15 is 0 Å². The van der Waals surface area contributed by atoms with Crippen molar-refractivity contribution in [2.45, 2.75) is 115 Å². The third-order valence-electron chi connectivity index (χ3n) is 7.68. The van der Waals surface area contributed by atoms with Crippen molar-refractivity contribution in [2.24, 2.45) is 0 Å². The summed E-state index contributed by atoms with van der Waals surface area (Å²) < 4.78 is 23.5. The summed E-state index contributed by atoms with van der Waals surface area (Å²) in [5.74, 6) is -0.843.